The van der Waals surface area contributed by atoms with Crippen LogP contribution in [0, 0.1) is 10.8 Å². The molecule has 2 atom stereocenters. The van der Waals surface area contributed by atoms with Crippen LogP contribution < -0.4 is 40.2 Å². The topological polar surface area (TPSA) is 247 Å². The number of carbonyl (C=O) groups is 8. The predicted molar refractivity (Wildman–Crippen MR) is 338 cm³/mol. The molecule has 0 aromatic heterocycles. The number of hydrogen-bond acceptors (Lipinski definition) is 16. The molecule has 0 fully saturated rings. The molecule has 20 nitrogen and oxygen atoms in total. The lowest BCUT2D eigenvalue weighted by atomic mass is 9.85. The van der Waals surface area contributed by atoms with Crippen LogP contribution in [0.3, 0.4) is 0 Å². The zero-order valence-corrected chi connectivity index (χ0v) is 57.6. The van der Waals surface area contributed by atoms with Crippen LogP contribution in [0.5, 0.6) is 23.0 Å². The van der Waals surface area contributed by atoms with Crippen molar-refractivity contribution < 1.29 is 66.2 Å². The summed E-state index contributed by atoms with van der Waals surface area (Å²) in [4.78, 5) is 109. The monoisotopic (exact) mass is 1250 g/mol. The number of Topliss-reactive ketones (excluding diaryl/α,β-unsaturated/α-hetero) is 2. The van der Waals surface area contributed by atoms with E-state index in [4.69, 9.17) is 27.8 Å². The normalized spacial score (nSPS) is 13.0. The number of methoxy groups -OCH3 is 4. The van der Waals surface area contributed by atoms with E-state index in [2.05, 4.69) is 62.8 Å². The molecule has 0 saturated heterocycles. The Hall–Kier alpha value is -5.15. The number of amides is 6. The second-order valence-electron chi connectivity index (χ2n) is 25.6. The largest absolute Gasteiger partial charge is 0.497 e. The fraction of sp³-hybridized carbons (Fsp3) is 0.667. The van der Waals surface area contributed by atoms with Crippen molar-refractivity contribution in [2.24, 2.45) is 10.8 Å². The Balaban J connectivity index is 1.98. The van der Waals surface area contributed by atoms with E-state index in [1.807, 2.05) is 53.9 Å². The Morgan fingerprint density at radius 3 is 1.04 bits per heavy atom. The van der Waals surface area contributed by atoms with Crippen molar-refractivity contribution in [3.63, 3.8) is 0 Å². The molecule has 0 unspecified atom stereocenters. The highest BCUT2D eigenvalue weighted by Crippen LogP contribution is 2.42. The van der Waals surface area contributed by atoms with Crippen LogP contribution in [-0.4, -0.2) is 165 Å². The quantitative estimate of drug-likeness (QED) is 0.0214. The van der Waals surface area contributed by atoms with E-state index in [0.29, 0.717) is 58.7 Å². The van der Waals surface area contributed by atoms with Gasteiger partial charge in [-0.2, -0.15) is 0 Å². The number of nitrogens with zero attached hydrogens (tertiary/aromatic N) is 2. The first-order valence-electron chi connectivity index (χ1n) is 28.5. The third-order valence-electron chi connectivity index (χ3n) is 15.0. The van der Waals surface area contributed by atoms with Crippen LogP contribution in [-0.2, 0) is 60.3 Å². The molecule has 474 valence electrons. The molecule has 0 spiro atoms. The summed E-state index contributed by atoms with van der Waals surface area (Å²) in [6.07, 6.45) is -2.60. The van der Waals surface area contributed by atoms with Gasteiger partial charge in [-0.3, -0.25) is 38.4 Å². The third kappa shape index (κ3) is 25.4. The summed E-state index contributed by atoms with van der Waals surface area (Å²) in [5, 5.41) is 11.1. The highest BCUT2D eigenvalue weighted by atomic mass is 33.1. The van der Waals surface area contributed by atoms with E-state index in [0.717, 1.165) is 0 Å². The standard InChI is InChI=1S/C60H100N6O14S2Si2/c1-41(67)29-51(71)65(37-43-31-45(75-13)35-46(32-43)76-14)39-59(9,10)53(79-83(17,18)57(3,4)5)55(73)63-23-21-49(69)61-25-27-81-82-28-26-62-50(70)22-24-64-56(74)54(80-84(19,20)58(6,7)8)60(11,12)40-66(52(72)30-42(2)68)38-44-33-47(77-15)36-48(34-44)78-16/h31-36,53-54H,21-30,37-40H2,1-20H3,(H,61,69)(H,62,70)(H,63,73)(H,64,74)/t53-,54-/m0/s1. The van der Waals surface area contributed by atoms with E-state index in [1.165, 1.54) is 63.9 Å². The summed E-state index contributed by atoms with van der Waals surface area (Å²) in [6, 6.07) is 10.6. The van der Waals surface area contributed by atoms with Crippen molar-refractivity contribution in [1.29, 1.82) is 0 Å². The Labute approximate surface area is 510 Å². The molecule has 2 aromatic carbocycles. The minimum Gasteiger partial charge on any atom is -0.497 e. The van der Waals surface area contributed by atoms with E-state index >= 15 is 0 Å². The van der Waals surface area contributed by atoms with Crippen molar-refractivity contribution >= 4 is 85.2 Å². The second-order valence-corrected chi connectivity index (χ2v) is 37.8. The number of carbonyl (C=O) groups excluding carboxylic acids is 8. The van der Waals surface area contributed by atoms with E-state index in [1.54, 1.807) is 46.2 Å². The molecule has 4 N–H and O–H groups in total. The van der Waals surface area contributed by atoms with E-state index < -0.39 is 63.3 Å². The molecule has 24 heteroatoms. The number of hydrogen-bond donors (Lipinski definition) is 4. The highest BCUT2D eigenvalue weighted by molar-refractivity contribution is 8.76. The zero-order valence-electron chi connectivity index (χ0n) is 53.9. The molecule has 0 aliphatic carbocycles. The summed E-state index contributed by atoms with van der Waals surface area (Å²) in [5.41, 5.74) is -0.494. The van der Waals surface area contributed by atoms with Crippen molar-refractivity contribution in [3.05, 3.63) is 47.5 Å². The average Bonchev–Trinajstić information content (AvgIpc) is 3.14. The van der Waals surface area contributed by atoms with Crippen LogP contribution in [0.2, 0.25) is 36.3 Å². The molecular weight excluding hydrogens is 1150 g/mol. The van der Waals surface area contributed by atoms with Gasteiger partial charge in [0.1, 0.15) is 46.8 Å². The van der Waals surface area contributed by atoms with Gasteiger partial charge in [0.2, 0.25) is 35.4 Å². The number of nitrogens with one attached hydrogen (secondary N) is 4. The Bertz CT molecular complexity index is 2340. The van der Waals surface area contributed by atoms with E-state index in [-0.39, 0.29) is 98.4 Å². The Kier molecular flexibility index (Phi) is 30.0. The van der Waals surface area contributed by atoms with Gasteiger partial charge in [-0.1, -0.05) is 90.8 Å². The second kappa shape index (κ2) is 33.7. The van der Waals surface area contributed by atoms with Gasteiger partial charge in [-0.15, -0.1) is 0 Å². The maximum absolute atomic E-state index is 14.2. The summed E-state index contributed by atoms with van der Waals surface area (Å²) in [7, 11) is 4.04. The number of ketones is 2. The lowest BCUT2D eigenvalue weighted by Crippen LogP contribution is -2.57. The fourth-order valence-corrected chi connectivity index (χ4v) is 12.8. The number of ether oxygens (including phenoxy) is 4. The maximum atomic E-state index is 14.2. The molecule has 0 aliphatic heterocycles. The predicted octanol–water partition coefficient (Wildman–Crippen LogP) is 8.50. The van der Waals surface area contributed by atoms with Gasteiger partial charge in [0.25, 0.3) is 0 Å². The summed E-state index contributed by atoms with van der Waals surface area (Å²) in [5.74, 6) is 0.654. The van der Waals surface area contributed by atoms with Gasteiger partial charge in [0.15, 0.2) is 16.6 Å². The molecule has 6 amide bonds. The van der Waals surface area contributed by atoms with Gasteiger partial charge in [0.05, 0.1) is 41.3 Å². The van der Waals surface area contributed by atoms with Gasteiger partial charge in [-0.25, -0.2) is 0 Å². The highest BCUT2D eigenvalue weighted by Gasteiger charge is 2.48. The SMILES string of the molecule is COc1cc(CN(CC(C)(C)[C@@H](O[Si](C)(C)C(C)(C)C)C(=O)NCCC(=O)NCCSSCCNC(=O)CCNC(=O)[C@H](O[Si](C)(C)C(C)(C)C)C(C)(C)CN(Cc2cc(OC)cc(OC)c2)C(=O)CC(C)=O)C(=O)CC(C)=O)cc(OC)c1. The Morgan fingerprint density at radius 1 is 0.476 bits per heavy atom. The number of rotatable bonds is 37. The summed E-state index contributed by atoms with van der Waals surface area (Å²) >= 11 is 0. The van der Waals surface area contributed by atoms with Crippen molar-refractivity contribution in [3.8, 4) is 23.0 Å². The lowest BCUT2D eigenvalue weighted by Gasteiger charge is -2.44. The van der Waals surface area contributed by atoms with Crippen LogP contribution in [0.15, 0.2) is 36.4 Å². The first-order valence-corrected chi connectivity index (χ1v) is 36.8. The van der Waals surface area contributed by atoms with Gasteiger partial charge in [0, 0.05) is 99.7 Å². The minimum atomic E-state index is -2.59. The third-order valence-corrected chi connectivity index (χ3v) is 26.3. The molecule has 2 rings (SSSR count). The molecular formula is C60H100N6O14S2Si2. The zero-order chi connectivity index (χ0) is 64.0. The van der Waals surface area contributed by atoms with Gasteiger partial charge in [-0.05, 0) is 85.5 Å². The first kappa shape index (κ1) is 75.0. The summed E-state index contributed by atoms with van der Waals surface area (Å²) in [6.45, 7) is 32.1. The average molecular weight is 1250 g/mol. The Morgan fingerprint density at radius 2 is 0.774 bits per heavy atom. The maximum Gasteiger partial charge on any atom is 0.248 e. The van der Waals surface area contributed by atoms with Crippen LogP contribution in [0.4, 0.5) is 0 Å². The molecule has 0 heterocycles. The van der Waals surface area contributed by atoms with Gasteiger partial charge < -0.3 is 58.9 Å². The van der Waals surface area contributed by atoms with Crippen molar-refractivity contribution in [1.82, 2.24) is 31.1 Å². The molecule has 84 heavy (non-hydrogen) atoms. The van der Waals surface area contributed by atoms with E-state index in [9.17, 15) is 38.4 Å². The summed E-state index contributed by atoms with van der Waals surface area (Å²) < 4.78 is 35.5. The van der Waals surface area contributed by atoms with Crippen LogP contribution in [0.1, 0.15) is 120 Å². The van der Waals surface area contributed by atoms with Crippen LogP contribution >= 0.6 is 21.6 Å². The smallest absolute Gasteiger partial charge is 0.248 e. The molecule has 0 radical (unpaired) electrons. The minimum absolute atomic E-state index is 0.0233. The number of benzene rings is 2. The lowest BCUT2D eigenvalue weighted by molar-refractivity contribution is -0.142. The van der Waals surface area contributed by atoms with Crippen molar-refractivity contribution in [2.45, 2.75) is 170 Å². The molecule has 0 bridgehead atoms. The van der Waals surface area contributed by atoms with Crippen molar-refractivity contribution in [2.75, 3.05) is 79.2 Å². The fourth-order valence-electron chi connectivity index (χ4n) is 8.24. The van der Waals surface area contributed by atoms with Crippen LogP contribution in [0.25, 0.3) is 0 Å². The molecule has 0 aliphatic rings. The molecule has 0 saturated carbocycles. The first-order chi connectivity index (χ1) is 38.8. The molecule has 2 aromatic rings. The van der Waals surface area contributed by atoms with Gasteiger partial charge >= 0.3 is 0 Å².